The molecule has 5 nitrogen and oxygen atoms in total. The zero-order valence-electron chi connectivity index (χ0n) is 16.4. The topological polar surface area (TPSA) is 58.6 Å². The van der Waals surface area contributed by atoms with Crippen LogP contribution in [0.4, 0.5) is 0 Å². The number of ether oxygens (including phenoxy) is 1. The number of carbonyl (C=O) groups excluding carboxylic acids is 2. The van der Waals surface area contributed by atoms with Gasteiger partial charge in [0.1, 0.15) is 0 Å². The third kappa shape index (κ3) is 5.74. The molecule has 1 saturated heterocycles. The van der Waals surface area contributed by atoms with Crippen molar-refractivity contribution in [3.63, 3.8) is 0 Å². The maximum absolute atomic E-state index is 12.3. The van der Waals surface area contributed by atoms with Crippen LogP contribution in [0.25, 0.3) is 0 Å². The summed E-state index contributed by atoms with van der Waals surface area (Å²) >= 11 is 1.71. The summed E-state index contributed by atoms with van der Waals surface area (Å²) < 4.78 is 5.45. The predicted molar refractivity (Wildman–Crippen MR) is 112 cm³/mol. The van der Waals surface area contributed by atoms with Gasteiger partial charge in [-0.1, -0.05) is 37.3 Å². The lowest BCUT2D eigenvalue weighted by Crippen LogP contribution is -2.43. The summed E-state index contributed by atoms with van der Waals surface area (Å²) in [5.41, 5.74) is 1.88. The van der Waals surface area contributed by atoms with Crippen molar-refractivity contribution in [2.24, 2.45) is 0 Å². The van der Waals surface area contributed by atoms with Crippen molar-refractivity contribution in [1.82, 2.24) is 10.2 Å². The molecular formula is C22H28N2O3S. The molecule has 2 heterocycles. The molecule has 1 unspecified atom stereocenters. The second-order valence-corrected chi connectivity index (χ2v) is 7.94. The Morgan fingerprint density at radius 3 is 2.54 bits per heavy atom. The lowest BCUT2D eigenvalue weighted by molar-refractivity contribution is -0.121. The minimum atomic E-state index is -0.0756. The van der Waals surface area contributed by atoms with Gasteiger partial charge in [-0.3, -0.25) is 14.5 Å². The smallest absolute Gasteiger partial charge is 0.220 e. The molecule has 6 heteroatoms. The summed E-state index contributed by atoms with van der Waals surface area (Å²) in [6.07, 6.45) is 1.40. The highest BCUT2D eigenvalue weighted by atomic mass is 32.1. The van der Waals surface area contributed by atoms with Gasteiger partial charge in [-0.05, 0) is 23.4 Å². The molecule has 2 aromatic rings. The summed E-state index contributed by atoms with van der Waals surface area (Å²) in [5.74, 6) is -0.0610. The van der Waals surface area contributed by atoms with Gasteiger partial charge in [0, 0.05) is 42.9 Å². The third-order valence-electron chi connectivity index (χ3n) is 5.11. The summed E-state index contributed by atoms with van der Waals surface area (Å²) in [6.45, 7) is 5.82. The minimum absolute atomic E-state index is 0.0146. The summed E-state index contributed by atoms with van der Waals surface area (Å²) in [7, 11) is 0. The second-order valence-electron chi connectivity index (χ2n) is 6.96. The number of hydrogen-bond donors (Lipinski definition) is 1. The van der Waals surface area contributed by atoms with E-state index in [9.17, 15) is 9.59 Å². The van der Waals surface area contributed by atoms with Crippen LogP contribution in [0.5, 0.6) is 0 Å². The number of carbonyl (C=O) groups is 2. The highest BCUT2D eigenvalue weighted by molar-refractivity contribution is 7.10. The molecule has 1 fully saturated rings. The van der Waals surface area contributed by atoms with E-state index >= 15 is 0 Å². The van der Waals surface area contributed by atoms with Crippen molar-refractivity contribution in [2.75, 3.05) is 32.8 Å². The highest BCUT2D eigenvalue weighted by Gasteiger charge is 2.24. The number of benzene rings is 1. The van der Waals surface area contributed by atoms with E-state index in [2.05, 4.69) is 28.6 Å². The van der Waals surface area contributed by atoms with Crippen LogP contribution in [0.1, 0.15) is 46.6 Å². The summed E-state index contributed by atoms with van der Waals surface area (Å²) in [5, 5.41) is 5.09. The number of Topliss-reactive ketones (excluding diaryl/α,β-unsaturated/α-hetero) is 1. The molecule has 1 atom stereocenters. The average molecular weight is 401 g/mol. The molecule has 3 rings (SSSR count). The van der Waals surface area contributed by atoms with E-state index in [0.29, 0.717) is 12.1 Å². The summed E-state index contributed by atoms with van der Waals surface area (Å²) in [4.78, 5) is 28.3. The Morgan fingerprint density at radius 1 is 1.14 bits per heavy atom. The first-order valence-corrected chi connectivity index (χ1v) is 10.8. The van der Waals surface area contributed by atoms with Gasteiger partial charge in [0.15, 0.2) is 5.78 Å². The molecule has 1 aliphatic rings. The van der Waals surface area contributed by atoms with Crippen LogP contribution in [0.3, 0.4) is 0 Å². The highest BCUT2D eigenvalue weighted by Crippen LogP contribution is 2.25. The van der Waals surface area contributed by atoms with E-state index in [1.807, 2.05) is 30.3 Å². The molecule has 28 heavy (non-hydrogen) atoms. The van der Waals surface area contributed by atoms with Crippen LogP contribution < -0.4 is 5.32 Å². The molecule has 1 N–H and O–H groups in total. The first kappa shape index (κ1) is 20.7. The van der Waals surface area contributed by atoms with Crippen molar-refractivity contribution in [2.45, 2.75) is 32.2 Å². The van der Waals surface area contributed by atoms with Crippen LogP contribution in [0, 0.1) is 0 Å². The van der Waals surface area contributed by atoms with Crippen LogP contribution in [-0.2, 0) is 16.0 Å². The van der Waals surface area contributed by atoms with Crippen molar-refractivity contribution < 1.29 is 14.3 Å². The molecule has 0 aliphatic carbocycles. The van der Waals surface area contributed by atoms with E-state index < -0.39 is 0 Å². The van der Waals surface area contributed by atoms with Gasteiger partial charge < -0.3 is 10.1 Å². The third-order valence-corrected chi connectivity index (χ3v) is 6.09. The normalized spacial score (nSPS) is 15.9. The van der Waals surface area contributed by atoms with Crippen LogP contribution in [-0.4, -0.2) is 49.4 Å². The lowest BCUT2D eigenvalue weighted by Gasteiger charge is -2.34. The number of nitrogens with zero attached hydrogens (tertiary/aromatic N) is 1. The van der Waals surface area contributed by atoms with Crippen molar-refractivity contribution >= 4 is 23.0 Å². The monoisotopic (exact) mass is 400 g/mol. The van der Waals surface area contributed by atoms with Crippen molar-refractivity contribution in [3.05, 3.63) is 57.8 Å². The molecular weight excluding hydrogens is 372 g/mol. The molecule has 1 amide bonds. The number of ketones is 1. The van der Waals surface area contributed by atoms with Gasteiger partial charge in [-0.2, -0.15) is 0 Å². The van der Waals surface area contributed by atoms with Crippen LogP contribution in [0.15, 0.2) is 41.8 Å². The van der Waals surface area contributed by atoms with Crippen LogP contribution in [0.2, 0.25) is 0 Å². The first-order valence-electron chi connectivity index (χ1n) is 9.91. The Kier molecular flexibility index (Phi) is 7.77. The number of amides is 1. The van der Waals surface area contributed by atoms with Crippen molar-refractivity contribution in [3.8, 4) is 0 Å². The maximum atomic E-state index is 12.3. The Bertz CT molecular complexity index is 753. The quantitative estimate of drug-likeness (QED) is 0.655. The Hall–Kier alpha value is -2.02. The standard InChI is InChI=1S/C22H28N2O3S/c1-2-17-5-7-18(8-6-17)20(25)9-10-22(26)23-16-19(21-4-3-15-28-21)24-11-13-27-14-12-24/h3-8,15,19H,2,9-14,16H2,1H3,(H,23,26). The molecule has 1 aliphatic heterocycles. The number of hydrogen-bond acceptors (Lipinski definition) is 5. The number of nitrogens with one attached hydrogen (secondary N) is 1. The predicted octanol–water partition coefficient (Wildman–Crippen LogP) is 3.46. The van der Waals surface area contributed by atoms with Gasteiger partial charge >= 0.3 is 0 Å². The Balaban J connectivity index is 1.49. The SMILES string of the molecule is CCc1ccc(C(=O)CCC(=O)NCC(c2cccs2)N2CCOCC2)cc1. The fraction of sp³-hybridized carbons (Fsp3) is 0.455. The zero-order chi connectivity index (χ0) is 19.8. The fourth-order valence-electron chi connectivity index (χ4n) is 3.38. The van der Waals surface area contributed by atoms with E-state index in [1.165, 1.54) is 10.4 Å². The van der Waals surface area contributed by atoms with E-state index in [-0.39, 0.29) is 30.6 Å². The zero-order valence-corrected chi connectivity index (χ0v) is 17.2. The molecule has 150 valence electrons. The molecule has 0 bridgehead atoms. The van der Waals surface area contributed by atoms with Gasteiger partial charge in [0.05, 0.1) is 19.3 Å². The first-order chi connectivity index (χ1) is 13.7. The maximum Gasteiger partial charge on any atom is 0.220 e. The van der Waals surface area contributed by atoms with E-state index in [4.69, 9.17) is 4.74 Å². The van der Waals surface area contributed by atoms with Gasteiger partial charge in [0.25, 0.3) is 0 Å². The van der Waals surface area contributed by atoms with Crippen molar-refractivity contribution in [1.29, 1.82) is 0 Å². The minimum Gasteiger partial charge on any atom is -0.379 e. The van der Waals surface area contributed by atoms with Crippen LogP contribution >= 0.6 is 11.3 Å². The lowest BCUT2D eigenvalue weighted by atomic mass is 10.0. The van der Waals surface area contributed by atoms with Gasteiger partial charge in [0.2, 0.25) is 5.91 Å². The Morgan fingerprint density at radius 2 is 1.89 bits per heavy atom. The Labute approximate surface area is 170 Å². The van der Waals surface area contributed by atoms with E-state index in [0.717, 1.165) is 32.7 Å². The number of morpholine rings is 1. The average Bonchev–Trinajstić information content (AvgIpc) is 3.27. The van der Waals surface area contributed by atoms with Gasteiger partial charge in [-0.25, -0.2) is 0 Å². The molecule has 0 saturated carbocycles. The largest absolute Gasteiger partial charge is 0.379 e. The fourth-order valence-corrected chi connectivity index (χ4v) is 4.24. The second kappa shape index (κ2) is 10.5. The number of rotatable bonds is 9. The molecule has 0 spiro atoms. The molecule has 0 radical (unpaired) electrons. The summed E-state index contributed by atoms with van der Waals surface area (Å²) in [6, 6.07) is 12.0. The molecule has 1 aromatic carbocycles. The van der Waals surface area contributed by atoms with E-state index in [1.54, 1.807) is 11.3 Å². The molecule has 1 aromatic heterocycles. The number of aryl methyl sites for hydroxylation is 1. The van der Waals surface area contributed by atoms with Gasteiger partial charge in [-0.15, -0.1) is 11.3 Å². The number of thiophene rings is 1.